The van der Waals surface area contributed by atoms with Crippen LogP contribution in [0.5, 0.6) is 0 Å². The van der Waals surface area contributed by atoms with Crippen LogP contribution in [0.15, 0.2) is 42.5 Å². The number of benzene rings is 2. The van der Waals surface area contributed by atoms with Crippen LogP contribution in [0.25, 0.3) is 0 Å². The van der Waals surface area contributed by atoms with E-state index in [2.05, 4.69) is 21.4 Å². The summed E-state index contributed by atoms with van der Waals surface area (Å²) in [5.41, 5.74) is 0.517. The van der Waals surface area contributed by atoms with E-state index in [0.29, 0.717) is 41.6 Å². The first kappa shape index (κ1) is 35.1. The molecule has 0 radical (unpaired) electrons. The Morgan fingerprint density at radius 3 is 2.50 bits per heavy atom. The van der Waals surface area contributed by atoms with Gasteiger partial charge in [-0.25, -0.2) is 17.6 Å². The SMILES string of the molecule is CCC1CC1(NC(=O)C1CC(OC(=O)N2Cc3cccc(F)c3C2)CN1C(=O)C(Nc1cccc(C#N)c1)C(C)C)C(=O)NS(=O)(=O)C1CC1. The van der Waals surface area contributed by atoms with Crippen molar-refractivity contribution in [2.45, 2.75) is 94.9 Å². The summed E-state index contributed by atoms with van der Waals surface area (Å²) in [6, 6.07) is 11.3. The van der Waals surface area contributed by atoms with E-state index < -0.39 is 68.6 Å². The number of halogens is 1. The highest BCUT2D eigenvalue weighted by Crippen LogP contribution is 2.47. The lowest BCUT2D eigenvalue weighted by Gasteiger charge is -2.31. The van der Waals surface area contributed by atoms with E-state index in [0.717, 1.165) is 0 Å². The Bertz CT molecular complexity index is 1860. The number of nitrogens with zero attached hydrogens (tertiary/aromatic N) is 3. The molecule has 1 saturated heterocycles. The van der Waals surface area contributed by atoms with Crippen LogP contribution >= 0.6 is 0 Å². The number of nitrogens with one attached hydrogen (secondary N) is 3. The van der Waals surface area contributed by atoms with Crippen LogP contribution in [-0.4, -0.2) is 77.6 Å². The van der Waals surface area contributed by atoms with Crippen LogP contribution in [0, 0.1) is 29.0 Å². The van der Waals surface area contributed by atoms with Crippen molar-refractivity contribution in [3.8, 4) is 6.07 Å². The summed E-state index contributed by atoms with van der Waals surface area (Å²) >= 11 is 0. The Hall–Kier alpha value is -4.71. The number of nitriles is 1. The minimum absolute atomic E-state index is 0.0149. The number of anilines is 1. The van der Waals surface area contributed by atoms with Crippen molar-refractivity contribution >= 4 is 39.5 Å². The average Bonchev–Trinajstić information content (AvgIpc) is 3.97. The molecule has 5 atom stereocenters. The first-order chi connectivity index (χ1) is 23.8. The van der Waals surface area contributed by atoms with Crippen molar-refractivity contribution < 1.29 is 36.7 Å². The number of likely N-dealkylation sites (tertiary alicyclic amines) is 1. The number of carbonyl (C=O) groups is 4. The zero-order valence-corrected chi connectivity index (χ0v) is 29.0. The van der Waals surface area contributed by atoms with E-state index in [9.17, 15) is 37.2 Å². The van der Waals surface area contributed by atoms with Crippen molar-refractivity contribution in [2.75, 3.05) is 11.9 Å². The van der Waals surface area contributed by atoms with Gasteiger partial charge in [-0.1, -0.05) is 45.4 Å². The van der Waals surface area contributed by atoms with Crippen molar-refractivity contribution in [1.29, 1.82) is 5.26 Å². The molecular weight excluding hydrogens is 667 g/mol. The highest BCUT2D eigenvalue weighted by atomic mass is 32.2. The van der Waals surface area contributed by atoms with Gasteiger partial charge in [0.25, 0.3) is 5.91 Å². The zero-order valence-electron chi connectivity index (χ0n) is 28.1. The third-order valence-electron chi connectivity index (χ3n) is 10.1. The van der Waals surface area contributed by atoms with Gasteiger partial charge in [0.15, 0.2) is 0 Å². The molecule has 4 aliphatic rings. The summed E-state index contributed by atoms with van der Waals surface area (Å²) in [7, 11) is -3.88. The maximum Gasteiger partial charge on any atom is 0.410 e. The van der Waals surface area contributed by atoms with E-state index in [-0.39, 0.29) is 44.3 Å². The molecule has 2 aromatic carbocycles. The van der Waals surface area contributed by atoms with Crippen molar-refractivity contribution in [2.24, 2.45) is 11.8 Å². The number of fused-ring (bicyclic) bond motifs is 1. The summed E-state index contributed by atoms with van der Waals surface area (Å²) in [5.74, 6) is -2.95. The summed E-state index contributed by atoms with van der Waals surface area (Å²) < 4.78 is 47.6. The van der Waals surface area contributed by atoms with Gasteiger partial charge in [0.2, 0.25) is 21.8 Å². The number of amides is 4. The fourth-order valence-corrected chi connectivity index (χ4v) is 8.31. The second-order valence-electron chi connectivity index (χ2n) is 14.0. The lowest BCUT2D eigenvalue weighted by atomic mass is 10.0. The van der Waals surface area contributed by atoms with Crippen LogP contribution in [0.2, 0.25) is 0 Å². The summed E-state index contributed by atoms with van der Waals surface area (Å²) in [5, 5.41) is 14.7. The third kappa shape index (κ3) is 6.98. The number of rotatable bonds is 11. The minimum atomic E-state index is -3.88. The van der Waals surface area contributed by atoms with Crippen molar-refractivity contribution in [1.82, 2.24) is 19.8 Å². The Morgan fingerprint density at radius 1 is 1.12 bits per heavy atom. The van der Waals surface area contributed by atoms with Gasteiger partial charge in [-0.05, 0) is 60.9 Å². The lowest BCUT2D eigenvalue weighted by Crippen LogP contribution is -2.58. The number of carbonyl (C=O) groups excluding carboxylic acids is 4. The van der Waals surface area contributed by atoms with Gasteiger partial charge in [-0.15, -0.1) is 0 Å². The molecule has 266 valence electrons. The van der Waals surface area contributed by atoms with E-state index in [1.165, 1.54) is 15.9 Å². The topological polar surface area (TPSA) is 178 Å². The molecule has 2 aromatic rings. The van der Waals surface area contributed by atoms with E-state index in [1.54, 1.807) is 36.4 Å². The highest BCUT2D eigenvalue weighted by Gasteiger charge is 2.62. The first-order valence-corrected chi connectivity index (χ1v) is 18.5. The average molecular weight is 709 g/mol. The van der Waals surface area contributed by atoms with Gasteiger partial charge in [-0.2, -0.15) is 5.26 Å². The van der Waals surface area contributed by atoms with Crippen LogP contribution in [0.3, 0.4) is 0 Å². The Balaban J connectivity index is 1.23. The molecule has 15 heteroatoms. The first-order valence-electron chi connectivity index (χ1n) is 16.9. The number of ether oxygens (including phenoxy) is 1. The molecule has 2 aliphatic carbocycles. The predicted octanol–water partition coefficient (Wildman–Crippen LogP) is 3.15. The van der Waals surface area contributed by atoms with Gasteiger partial charge in [0.1, 0.15) is 29.5 Å². The Kier molecular flexibility index (Phi) is 9.51. The molecule has 2 heterocycles. The molecular formula is C35H41FN6O7S. The van der Waals surface area contributed by atoms with Gasteiger partial charge in [-0.3, -0.25) is 24.0 Å². The molecule has 50 heavy (non-hydrogen) atoms. The van der Waals surface area contributed by atoms with Gasteiger partial charge < -0.3 is 20.3 Å². The van der Waals surface area contributed by atoms with Crippen LogP contribution < -0.4 is 15.4 Å². The maximum atomic E-state index is 14.4. The predicted molar refractivity (Wildman–Crippen MR) is 179 cm³/mol. The number of hydrogen-bond acceptors (Lipinski definition) is 9. The minimum Gasteiger partial charge on any atom is -0.444 e. The Labute approximate surface area is 290 Å². The molecule has 3 fully saturated rings. The fourth-order valence-electron chi connectivity index (χ4n) is 6.95. The normalized spacial score (nSPS) is 24.6. The molecule has 6 rings (SSSR count). The van der Waals surface area contributed by atoms with Crippen LogP contribution in [-0.2, 0) is 42.2 Å². The molecule has 2 aliphatic heterocycles. The number of sulfonamides is 1. The second-order valence-corrected chi connectivity index (χ2v) is 15.9. The molecule has 5 unspecified atom stereocenters. The van der Waals surface area contributed by atoms with Gasteiger partial charge in [0, 0.05) is 24.2 Å². The second kappa shape index (κ2) is 13.5. The van der Waals surface area contributed by atoms with E-state index in [1.807, 2.05) is 20.8 Å². The number of hydrogen-bond donors (Lipinski definition) is 3. The van der Waals surface area contributed by atoms with Crippen molar-refractivity contribution in [3.05, 3.63) is 65.0 Å². The monoisotopic (exact) mass is 708 g/mol. The zero-order chi connectivity index (χ0) is 36.0. The van der Waals surface area contributed by atoms with Gasteiger partial charge >= 0.3 is 6.09 Å². The molecule has 2 saturated carbocycles. The highest BCUT2D eigenvalue weighted by molar-refractivity contribution is 7.91. The molecule has 3 N–H and O–H groups in total. The molecule has 4 amide bonds. The molecule has 0 bridgehead atoms. The standard InChI is InChI=1S/C35H41FN6O7S/c1-4-23-15-35(23,33(45)40-50(47,48)26-11-12-26)39-31(43)29-14-25(49-34(46)41-17-22-8-6-10-28(36)27(22)19-41)18-42(29)32(44)30(20(2)3)38-24-9-5-7-21(13-24)16-37/h5-10,13,20,23,25-26,29-30,38H,4,11-12,14-15,17-19H2,1-3H3,(H,39,43)(H,40,45). The van der Waals surface area contributed by atoms with Gasteiger partial charge in [0.05, 0.1) is 30.0 Å². The summed E-state index contributed by atoms with van der Waals surface area (Å²) in [6.07, 6.45) is -0.0530. The quantitative estimate of drug-likeness (QED) is 0.316. The largest absolute Gasteiger partial charge is 0.444 e. The Morgan fingerprint density at radius 2 is 1.86 bits per heavy atom. The van der Waals surface area contributed by atoms with Crippen LogP contribution in [0.4, 0.5) is 14.9 Å². The van der Waals surface area contributed by atoms with Crippen molar-refractivity contribution in [3.63, 3.8) is 0 Å². The molecule has 0 aromatic heterocycles. The summed E-state index contributed by atoms with van der Waals surface area (Å²) in [6.45, 7) is 5.52. The van der Waals surface area contributed by atoms with E-state index in [4.69, 9.17) is 4.74 Å². The van der Waals surface area contributed by atoms with E-state index >= 15 is 0 Å². The molecule has 0 spiro atoms. The lowest BCUT2D eigenvalue weighted by molar-refractivity contribution is -0.140. The maximum absolute atomic E-state index is 14.4. The van der Waals surface area contributed by atoms with Crippen LogP contribution in [0.1, 0.15) is 69.6 Å². The fraction of sp³-hybridized carbons (Fsp3) is 0.514. The third-order valence-corrected chi connectivity index (χ3v) is 11.9. The molecule has 13 nitrogen and oxygen atoms in total. The summed E-state index contributed by atoms with van der Waals surface area (Å²) in [4.78, 5) is 57.8. The smallest absolute Gasteiger partial charge is 0.410 e.